The van der Waals surface area contributed by atoms with Crippen LogP contribution in [0.15, 0.2) is 12.1 Å². The molecule has 0 aromatic heterocycles. The molecular formula is C17H28N2O. The largest absolute Gasteiger partial charge is 0.352 e. The van der Waals surface area contributed by atoms with Crippen molar-refractivity contribution in [3.05, 3.63) is 34.4 Å². The molecule has 1 rings (SSSR count). The van der Waals surface area contributed by atoms with Crippen LogP contribution in [0, 0.1) is 26.7 Å². The highest BCUT2D eigenvalue weighted by molar-refractivity contribution is 5.97. The summed E-state index contributed by atoms with van der Waals surface area (Å²) in [6.45, 7) is 9.62. The van der Waals surface area contributed by atoms with Gasteiger partial charge in [-0.25, -0.2) is 0 Å². The van der Waals surface area contributed by atoms with E-state index in [1.54, 1.807) is 0 Å². The SMILES string of the molecule is CCCC(CCN)CNC(=O)c1c(C)cc(C)cc1C. The minimum Gasteiger partial charge on any atom is -0.352 e. The van der Waals surface area contributed by atoms with Crippen LogP contribution >= 0.6 is 0 Å². The molecule has 1 aromatic rings. The van der Waals surface area contributed by atoms with Crippen LogP contribution in [0.25, 0.3) is 0 Å². The van der Waals surface area contributed by atoms with Crippen LogP contribution in [0.4, 0.5) is 0 Å². The Labute approximate surface area is 122 Å². The van der Waals surface area contributed by atoms with Gasteiger partial charge in [0.1, 0.15) is 0 Å². The predicted octanol–water partition coefficient (Wildman–Crippen LogP) is 3.11. The fourth-order valence-electron chi connectivity index (χ4n) is 2.86. The van der Waals surface area contributed by atoms with Gasteiger partial charge in [-0.1, -0.05) is 31.0 Å². The molecule has 0 spiro atoms. The van der Waals surface area contributed by atoms with Crippen LogP contribution in [0.2, 0.25) is 0 Å². The molecule has 3 heteroatoms. The third-order valence-electron chi connectivity index (χ3n) is 3.73. The number of carbonyl (C=O) groups excluding carboxylic acids is 1. The van der Waals surface area contributed by atoms with Crippen molar-refractivity contribution in [2.45, 2.75) is 47.0 Å². The number of hydrogen-bond acceptors (Lipinski definition) is 2. The third-order valence-corrected chi connectivity index (χ3v) is 3.73. The molecule has 0 aliphatic carbocycles. The molecule has 0 aliphatic heterocycles. The second-order valence-electron chi connectivity index (χ2n) is 5.72. The first-order chi connectivity index (χ1) is 9.49. The van der Waals surface area contributed by atoms with Gasteiger partial charge in [-0.2, -0.15) is 0 Å². The quantitative estimate of drug-likeness (QED) is 0.804. The summed E-state index contributed by atoms with van der Waals surface area (Å²) in [5, 5.41) is 3.08. The summed E-state index contributed by atoms with van der Waals surface area (Å²) < 4.78 is 0. The van der Waals surface area contributed by atoms with E-state index in [-0.39, 0.29) is 5.91 Å². The van der Waals surface area contributed by atoms with Gasteiger partial charge < -0.3 is 11.1 Å². The van der Waals surface area contributed by atoms with Crippen molar-refractivity contribution < 1.29 is 4.79 Å². The van der Waals surface area contributed by atoms with E-state index >= 15 is 0 Å². The van der Waals surface area contributed by atoms with Crippen molar-refractivity contribution in [3.8, 4) is 0 Å². The van der Waals surface area contributed by atoms with Gasteiger partial charge in [-0.15, -0.1) is 0 Å². The van der Waals surface area contributed by atoms with E-state index in [1.807, 2.05) is 13.8 Å². The summed E-state index contributed by atoms with van der Waals surface area (Å²) in [7, 11) is 0. The van der Waals surface area contributed by atoms with Crippen LogP contribution < -0.4 is 11.1 Å². The van der Waals surface area contributed by atoms with E-state index in [9.17, 15) is 4.79 Å². The number of hydrogen-bond donors (Lipinski definition) is 2. The Morgan fingerprint density at radius 3 is 2.30 bits per heavy atom. The Bertz CT molecular complexity index is 425. The van der Waals surface area contributed by atoms with Gasteiger partial charge >= 0.3 is 0 Å². The zero-order chi connectivity index (χ0) is 15.1. The van der Waals surface area contributed by atoms with Crippen LogP contribution in [0.3, 0.4) is 0 Å². The van der Waals surface area contributed by atoms with Crippen molar-refractivity contribution in [1.82, 2.24) is 5.32 Å². The molecule has 0 bridgehead atoms. The van der Waals surface area contributed by atoms with E-state index in [4.69, 9.17) is 5.73 Å². The molecule has 3 N–H and O–H groups in total. The van der Waals surface area contributed by atoms with E-state index in [2.05, 4.69) is 31.3 Å². The maximum absolute atomic E-state index is 12.4. The number of rotatable bonds is 7. The fraction of sp³-hybridized carbons (Fsp3) is 0.588. The van der Waals surface area contributed by atoms with Crippen molar-refractivity contribution in [2.75, 3.05) is 13.1 Å². The Kier molecular flexibility index (Phi) is 6.73. The lowest BCUT2D eigenvalue weighted by molar-refractivity contribution is 0.0944. The minimum absolute atomic E-state index is 0.0399. The smallest absolute Gasteiger partial charge is 0.251 e. The molecule has 20 heavy (non-hydrogen) atoms. The average molecular weight is 276 g/mol. The maximum Gasteiger partial charge on any atom is 0.251 e. The first-order valence-corrected chi connectivity index (χ1v) is 7.55. The molecule has 3 nitrogen and oxygen atoms in total. The molecule has 0 saturated heterocycles. The molecule has 1 unspecified atom stereocenters. The van der Waals surface area contributed by atoms with E-state index < -0.39 is 0 Å². The Morgan fingerprint density at radius 2 is 1.80 bits per heavy atom. The number of carbonyl (C=O) groups is 1. The lowest BCUT2D eigenvalue weighted by Crippen LogP contribution is -2.31. The monoisotopic (exact) mass is 276 g/mol. The fourth-order valence-corrected chi connectivity index (χ4v) is 2.86. The summed E-state index contributed by atoms with van der Waals surface area (Å²) in [5.74, 6) is 0.526. The highest BCUT2D eigenvalue weighted by Gasteiger charge is 2.14. The first-order valence-electron chi connectivity index (χ1n) is 7.55. The highest BCUT2D eigenvalue weighted by Crippen LogP contribution is 2.17. The second kappa shape index (κ2) is 8.05. The molecule has 0 saturated carbocycles. The van der Waals surface area contributed by atoms with Crippen molar-refractivity contribution in [3.63, 3.8) is 0 Å². The maximum atomic E-state index is 12.4. The summed E-state index contributed by atoms with van der Waals surface area (Å²) >= 11 is 0. The van der Waals surface area contributed by atoms with E-state index in [1.165, 1.54) is 5.56 Å². The molecule has 1 atom stereocenters. The number of aryl methyl sites for hydroxylation is 3. The van der Waals surface area contributed by atoms with Gasteiger partial charge in [-0.05, 0) is 57.2 Å². The summed E-state index contributed by atoms with van der Waals surface area (Å²) in [5.41, 5.74) is 9.74. The normalized spacial score (nSPS) is 12.2. The van der Waals surface area contributed by atoms with Crippen molar-refractivity contribution in [2.24, 2.45) is 11.7 Å². The molecule has 112 valence electrons. The lowest BCUT2D eigenvalue weighted by Gasteiger charge is -2.17. The van der Waals surface area contributed by atoms with Crippen LogP contribution in [-0.2, 0) is 0 Å². The topological polar surface area (TPSA) is 55.1 Å². The van der Waals surface area contributed by atoms with E-state index in [0.29, 0.717) is 12.5 Å². The van der Waals surface area contributed by atoms with Crippen molar-refractivity contribution >= 4 is 5.91 Å². The zero-order valence-electron chi connectivity index (χ0n) is 13.3. The molecule has 0 aliphatic rings. The van der Waals surface area contributed by atoms with Crippen LogP contribution in [-0.4, -0.2) is 19.0 Å². The Balaban J connectivity index is 2.71. The average Bonchev–Trinajstić information content (AvgIpc) is 2.35. The van der Waals surface area contributed by atoms with Gasteiger partial charge in [0.25, 0.3) is 5.91 Å². The van der Waals surface area contributed by atoms with Gasteiger partial charge in [-0.3, -0.25) is 4.79 Å². The predicted molar refractivity (Wildman–Crippen MR) is 85.1 cm³/mol. The number of nitrogens with one attached hydrogen (secondary N) is 1. The van der Waals surface area contributed by atoms with Crippen molar-refractivity contribution in [1.29, 1.82) is 0 Å². The summed E-state index contributed by atoms with van der Waals surface area (Å²) in [6, 6.07) is 4.12. The molecule has 0 fully saturated rings. The highest BCUT2D eigenvalue weighted by atomic mass is 16.1. The zero-order valence-corrected chi connectivity index (χ0v) is 13.3. The standard InChI is InChI=1S/C17H28N2O/c1-5-6-15(7-8-18)11-19-17(20)16-13(3)9-12(2)10-14(16)4/h9-10,15H,5-8,11,18H2,1-4H3,(H,19,20). The summed E-state index contributed by atoms with van der Waals surface area (Å²) in [4.78, 5) is 12.4. The molecular weight excluding hydrogens is 248 g/mol. The van der Waals surface area contributed by atoms with Gasteiger partial charge in [0.2, 0.25) is 0 Å². The van der Waals surface area contributed by atoms with Gasteiger partial charge in [0.15, 0.2) is 0 Å². The first kappa shape index (κ1) is 16.7. The number of nitrogens with two attached hydrogens (primary N) is 1. The Hall–Kier alpha value is -1.35. The van der Waals surface area contributed by atoms with Gasteiger partial charge in [0.05, 0.1) is 0 Å². The van der Waals surface area contributed by atoms with E-state index in [0.717, 1.165) is 42.5 Å². The molecule has 0 radical (unpaired) electrons. The molecule has 1 amide bonds. The number of benzene rings is 1. The minimum atomic E-state index is 0.0399. The van der Waals surface area contributed by atoms with Crippen LogP contribution in [0.1, 0.15) is 53.2 Å². The second-order valence-corrected chi connectivity index (χ2v) is 5.72. The summed E-state index contributed by atoms with van der Waals surface area (Å²) in [6.07, 6.45) is 3.21. The lowest BCUT2D eigenvalue weighted by atomic mass is 9.97. The number of amides is 1. The Morgan fingerprint density at radius 1 is 1.20 bits per heavy atom. The van der Waals surface area contributed by atoms with Crippen LogP contribution in [0.5, 0.6) is 0 Å². The van der Waals surface area contributed by atoms with Gasteiger partial charge in [0, 0.05) is 12.1 Å². The third kappa shape index (κ3) is 4.64. The molecule has 1 aromatic carbocycles. The molecule has 0 heterocycles.